The van der Waals surface area contributed by atoms with Crippen LogP contribution in [-0.2, 0) is 19.6 Å². The molecule has 1 saturated heterocycles. The monoisotopic (exact) mass is 443 g/mol. The molecule has 1 atom stereocenters. The highest BCUT2D eigenvalue weighted by Gasteiger charge is 2.39. The van der Waals surface area contributed by atoms with Crippen LogP contribution in [0.15, 0.2) is 76.5 Å². The number of rotatable bonds is 7. The number of nitrogens with one attached hydrogen (secondary N) is 1. The lowest BCUT2D eigenvalue weighted by Gasteiger charge is -2.13. The number of nitrogens with zero attached hydrogens (tertiary/aromatic N) is 2. The van der Waals surface area contributed by atoms with Gasteiger partial charge in [-0.05, 0) is 31.2 Å². The molecule has 1 N–H and O–H groups in total. The van der Waals surface area contributed by atoms with Gasteiger partial charge in [-0.25, -0.2) is 0 Å². The predicted octanol–water partition coefficient (Wildman–Crippen LogP) is 3.20. The van der Waals surface area contributed by atoms with Crippen molar-refractivity contribution < 1.29 is 18.0 Å². The van der Waals surface area contributed by atoms with Crippen LogP contribution in [0.4, 0.5) is 5.69 Å². The lowest BCUT2D eigenvalue weighted by atomic mass is 10.2. The van der Waals surface area contributed by atoms with E-state index in [4.69, 9.17) is 0 Å². The van der Waals surface area contributed by atoms with E-state index in [0.717, 1.165) is 17.3 Å². The molecule has 0 radical (unpaired) electrons. The van der Waals surface area contributed by atoms with Gasteiger partial charge >= 0.3 is 0 Å². The molecule has 30 heavy (non-hydrogen) atoms. The lowest BCUT2D eigenvalue weighted by molar-refractivity contribution is -0.127. The summed E-state index contributed by atoms with van der Waals surface area (Å²) in [4.78, 5) is 26.4. The number of amidine groups is 1. The SMILES string of the molecule is C=CCN1C(=O)C(CC(=O)Nc2ccc(C)cc2)S/C1=N/S(=O)(=O)c1ccccc1. The van der Waals surface area contributed by atoms with Gasteiger partial charge in [0, 0.05) is 18.7 Å². The number of carbonyl (C=O) groups is 2. The molecule has 1 aliphatic heterocycles. The molecule has 3 rings (SSSR count). The highest BCUT2D eigenvalue weighted by molar-refractivity contribution is 8.16. The van der Waals surface area contributed by atoms with Crippen LogP contribution in [0.2, 0.25) is 0 Å². The molecule has 2 aromatic rings. The highest BCUT2D eigenvalue weighted by atomic mass is 32.2. The normalized spacial score (nSPS) is 17.9. The van der Waals surface area contributed by atoms with Crippen LogP contribution in [0.1, 0.15) is 12.0 Å². The van der Waals surface area contributed by atoms with Crippen LogP contribution in [0.5, 0.6) is 0 Å². The largest absolute Gasteiger partial charge is 0.326 e. The molecule has 156 valence electrons. The lowest BCUT2D eigenvalue weighted by Crippen LogP contribution is -2.33. The molecule has 0 aliphatic carbocycles. The second kappa shape index (κ2) is 9.27. The topological polar surface area (TPSA) is 95.9 Å². The first-order valence-corrected chi connectivity index (χ1v) is 11.5. The van der Waals surface area contributed by atoms with E-state index in [1.807, 2.05) is 19.1 Å². The van der Waals surface area contributed by atoms with E-state index in [2.05, 4.69) is 16.3 Å². The Morgan fingerprint density at radius 2 is 1.87 bits per heavy atom. The van der Waals surface area contributed by atoms with Crippen LogP contribution < -0.4 is 5.32 Å². The zero-order chi connectivity index (χ0) is 21.7. The Hall–Kier alpha value is -2.91. The Labute approximate surface area is 179 Å². The molecular formula is C21H21N3O4S2. The van der Waals surface area contributed by atoms with Crippen molar-refractivity contribution in [3.8, 4) is 0 Å². The summed E-state index contributed by atoms with van der Waals surface area (Å²) in [6.07, 6.45) is 1.38. The zero-order valence-electron chi connectivity index (χ0n) is 16.3. The van der Waals surface area contributed by atoms with E-state index in [0.29, 0.717) is 5.69 Å². The summed E-state index contributed by atoms with van der Waals surface area (Å²) < 4.78 is 29.1. The summed E-state index contributed by atoms with van der Waals surface area (Å²) in [5, 5.41) is 2.03. The number of amides is 2. The number of hydrogen-bond donors (Lipinski definition) is 1. The minimum absolute atomic E-state index is 0.0321. The van der Waals surface area contributed by atoms with Crippen LogP contribution in [-0.4, -0.2) is 42.1 Å². The fraction of sp³-hybridized carbons (Fsp3) is 0.190. The fourth-order valence-electron chi connectivity index (χ4n) is 2.77. The Balaban J connectivity index is 1.78. The number of sulfonamides is 1. The van der Waals surface area contributed by atoms with Crippen molar-refractivity contribution in [2.75, 3.05) is 11.9 Å². The third-order valence-electron chi connectivity index (χ3n) is 4.28. The molecule has 1 heterocycles. The minimum Gasteiger partial charge on any atom is -0.326 e. The molecular weight excluding hydrogens is 422 g/mol. The number of benzene rings is 2. The molecule has 0 spiro atoms. The van der Waals surface area contributed by atoms with Crippen LogP contribution in [0, 0.1) is 6.92 Å². The van der Waals surface area contributed by atoms with Gasteiger partial charge in [0.1, 0.15) is 5.25 Å². The first-order valence-electron chi connectivity index (χ1n) is 9.15. The van der Waals surface area contributed by atoms with Crippen LogP contribution >= 0.6 is 11.8 Å². The second-order valence-corrected chi connectivity index (χ2v) is 9.40. The number of hydrogen-bond acceptors (Lipinski definition) is 5. The summed E-state index contributed by atoms with van der Waals surface area (Å²) in [7, 11) is -3.98. The molecule has 1 fully saturated rings. The molecule has 9 heteroatoms. The van der Waals surface area contributed by atoms with Crippen molar-refractivity contribution in [3.63, 3.8) is 0 Å². The van der Waals surface area contributed by atoms with Gasteiger partial charge in [-0.1, -0.05) is 53.7 Å². The Kier molecular flexibility index (Phi) is 6.73. The van der Waals surface area contributed by atoms with Crippen molar-refractivity contribution in [1.29, 1.82) is 0 Å². The van der Waals surface area contributed by atoms with E-state index < -0.39 is 15.3 Å². The maximum atomic E-state index is 12.8. The van der Waals surface area contributed by atoms with Crippen molar-refractivity contribution in [2.24, 2.45) is 4.40 Å². The van der Waals surface area contributed by atoms with Crippen molar-refractivity contribution in [2.45, 2.75) is 23.5 Å². The molecule has 1 aliphatic rings. The molecule has 0 aromatic heterocycles. The van der Waals surface area contributed by atoms with E-state index >= 15 is 0 Å². The molecule has 0 saturated carbocycles. The quantitative estimate of drug-likeness (QED) is 0.663. The molecule has 2 aromatic carbocycles. The predicted molar refractivity (Wildman–Crippen MR) is 119 cm³/mol. The number of thioether (sulfide) groups is 1. The molecule has 0 bridgehead atoms. The van der Waals surface area contributed by atoms with E-state index in [1.165, 1.54) is 23.1 Å². The molecule has 7 nitrogen and oxygen atoms in total. The summed E-state index contributed by atoms with van der Waals surface area (Å²) in [5.74, 6) is -0.712. The summed E-state index contributed by atoms with van der Waals surface area (Å²) in [6.45, 7) is 5.65. The van der Waals surface area contributed by atoms with Crippen molar-refractivity contribution >= 4 is 44.5 Å². The first kappa shape index (κ1) is 21.8. The number of aryl methyl sites for hydroxylation is 1. The molecule has 1 unspecified atom stereocenters. The van der Waals surface area contributed by atoms with Crippen molar-refractivity contribution in [1.82, 2.24) is 4.90 Å². The minimum atomic E-state index is -3.98. The number of carbonyl (C=O) groups excluding carboxylic acids is 2. The zero-order valence-corrected chi connectivity index (χ0v) is 17.9. The van der Waals surface area contributed by atoms with Gasteiger partial charge in [-0.15, -0.1) is 11.0 Å². The van der Waals surface area contributed by atoms with Gasteiger partial charge in [-0.3, -0.25) is 14.5 Å². The van der Waals surface area contributed by atoms with E-state index in [-0.39, 0.29) is 34.8 Å². The smallest absolute Gasteiger partial charge is 0.284 e. The van der Waals surface area contributed by atoms with E-state index in [1.54, 1.807) is 30.3 Å². The summed E-state index contributed by atoms with van der Waals surface area (Å²) >= 11 is 0.968. The van der Waals surface area contributed by atoms with Gasteiger partial charge in [-0.2, -0.15) is 8.42 Å². The van der Waals surface area contributed by atoms with Crippen LogP contribution in [0.3, 0.4) is 0 Å². The van der Waals surface area contributed by atoms with Gasteiger partial charge in [0.2, 0.25) is 11.8 Å². The fourth-order valence-corrected chi connectivity index (χ4v) is 5.16. The van der Waals surface area contributed by atoms with Gasteiger partial charge < -0.3 is 5.32 Å². The maximum absolute atomic E-state index is 12.8. The average Bonchev–Trinajstić information content (AvgIpc) is 2.99. The van der Waals surface area contributed by atoms with E-state index in [9.17, 15) is 18.0 Å². The Morgan fingerprint density at radius 3 is 2.50 bits per heavy atom. The first-order chi connectivity index (χ1) is 14.3. The van der Waals surface area contributed by atoms with Gasteiger partial charge in [0.15, 0.2) is 5.17 Å². The standard InChI is InChI=1S/C21H21N3O4S2/c1-3-13-24-20(26)18(14-19(25)22-16-11-9-15(2)10-12-16)29-21(24)23-30(27,28)17-7-5-4-6-8-17/h3-12,18H,1,13-14H2,2H3,(H,22,25)/b23-21+. The van der Waals surface area contributed by atoms with Crippen LogP contribution in [0.25, 0.3) is 0 Å². The molecule has 2 amide bonds. The Bertz CT molecular complexity index is 1080. The maximum Gasteiger partial charge on any atom is 0.284 e. The van der Waals surface area contributed by atoms with Crippen molar-refractivity contribution in [3.05, 3.63) is 72.8 Å². The van der Waals surface area contributed by atoms with Gasteiger partial charge in [0.05, 0.1) is 4.90 Å². The third kappa shape index (κ3) is 5.17. The summed E-state index contributed by atoms with van der Waals surface area (Å²) in [5.41, 5.74) is 1.69. The Morgan fingerprint density at radius 1 is 1.20 bits per heavy atom. The third-order valence-corrected chi connectivity index (χ3v) is 6.85. The second-order valence-electron chi connectivity index (χ2n) is 6.62. The highest BCUT2D eigenvalue weighted by Crippen LogP contribution is 2.31. The average molecular weight is 444 g/mol. The number of anilines is 1. The summed E-state index contributed by atoms with van der Waals surface area (Å²) in [6, 6.07) is 15.1. The van der Waals surface area contributed by atoms with Gasteiger partial charge in [0.25, 0.3) is 10.0 Å².